The SMILES string of the molecule is Cn1ccc(C(O)C2CCCCS2(=O)=O)n1. The fourth-order valence-electron chi connectivity index (χ4n) is 2.12. The van der Waals surface area contributed by atoms with Gasteiger partial charge in [-0.05, 0) is 18.9 Å². The van der Waals surface area contributed by atoms with Crippen molar-refractivity contribution in [1.82, 2.24) is 9.78 Å². The summed E-state index contributed by atoms with van der Waals surface area (Å²) >= 11 is 0. The fraction of sp³-hybridized carbons (Fsp3) is 0.700. The number of hydrogen-bond donors (Lipinski definition) is 1. The molecule has 0 bridgehead atoms. The van der Waals surface area contributed by atoms with Crippen LogP contribution in [0.4, 0.5) is 0 Å². The van der Waals surface area contributed by atoms with Crippen LogP contribution in [0.15, 0.2) is 12.3 Å². The fourth-order valence-corrected chi connectivity index (χ4v) is 4.08. The Hall–Kier alpha value is -0.880. The molecule has 2 unspecified atom stereocenters. The van der Waals surface area contributed by atoms with E-state index in [-0.39, 0.29) is 5.75 Å². The quantitative estimate of drug-likeness (QED) is 0.818. The lowest BCUT2D eigenvalue weighted by molar-refractivity contribution is 0.159. The van der Waals surface area contributed by atoms with E-state index in [0.29, 0.717) is 18.5 Å². The van der Waals surface area contributed by atoms with Gasteiger partial charge in [-0.25, -0.2) is 8.42 Å². The Morgan fingerprint density at radius 3 is 2.88 bits per heavy atom. The predicted octanol–water partition coefficient (Wildman–Crippen LogP) is 0.421. The average molecular weight is 244 g/mol. The maximum Gasteiger partial charge on any atom is 0.156 e. The number of hydrogen-bond acceptors (Lipinski definition) is 4. The van der Waals surface area contributed by atoms with Crippen LogP contribution in [0, 0.1) is 0 Å². The van der Waals surface area contributed by atoms with E-state index < -0.39 is 21.2 Å². The van der Waals surface area contributed by atoms with E-state index in [1.165, 1.54) is 0 Å². The zero-order chi connectivity index (χ0) is 11.8. The summed E-state index contributed by atoms with van der Waals surface area (Å²) in [4.78, 5) is 0. The zero-order valence-corrected chi connectivity index (χ0v) is 10.0. The van der Waals surface area contributed by atoms with Gasteiger partial charge in [0.1, 0.15) is 6.10 Å². The molecule has 5 nitrogen and oxygen atoms in total. The Balaban J connectivity index is 2.24. The van der Waals surface area contributed by atoms with E-state index in [4.69, 9.17) is 0 Å². The Morgan fingerprint density at radius 2 is 2.31 bits per heavy atom. The largest absolute Gasteiger partial charge is 0.385 e. The number of aliphatic hydroxyl groups is 1. The number of aryl methyl sites for hydroxylation is 1. The molecule has 1 saturated heterocycles. The topological polar surface area (TPSA) is 72.2 Å². The van der Waals surface area contributed by atoms with E-state index in [0.717, 1.165) is 6.42 Å². The average Bonchev–Trinajstić information content (AvgIpc) is 2.63. The Bertz CT molecular complexity index is 466. The second-order valence-electron chi connectivity index (χ2n) is 4.26. The molecular weight excluding hydrogens is 228 g/mol. The molecular formula is C10H16N2O3S. The van der Waals surface area contributed by atoms with Gasteiger partial charge >= 0.3 is 0 Å². The third-order valence-electron chi connectivity index (χ3n) is 3.02. The number of rotatable bonds is 2. The minimum atomic E-state index is -3.16. The summed E-state index contributed by atoms with van der Waals surface area (Å²) in [5.74, 6) is 0.182. The number of nitrogens with zero attached hydrogens (tertiary/aromatic N) is 2. The monoisotopic (exact) mass is 244 g/mol. The van der Waals surface area contributed by atoms with Gasteiger partial charge in [0.15, 0.2) is 9.84 Å². The third kappa shape index (κ3) is 2.12. The molecule has 16 heavy (non-hydrogen) atoms. The van der Waals surface area contributed by atoms with Crippen molar-refractivity contribution in [1.29, 1.82) is 0 Å². The highest BCUT2D eigenvalue weighted by Crippen LogP contribution is 2.29. The van der Waals surface area contributed by atoms with Gasteiger partial charge in [-0.1, -0.05) is 6.42 Å². The first-order chi connectivity index (χ1) is 7.50. The maximum atomic E-state index is 11.8. The Labute approximate surface area is 95.0 Å². The highest BCUT2D eigenvalue weighted by atomic mass is 32.2. The molecule has 1 aromatic heterocycles. The van der Waals surface area contributed by atoms with Crippen LogP contribution in [0.5, 0.6) is 0 Å². The standard InChI is InChI=1S/C10H16N2O3S/c1-12-6-5-8(11-12)10(13)9-4-2-3-7-16(9,14)15/h5-6,9-10,13H,2-4,7H2,1H3. The van der Waals surface area contributed by atoms with Gasteiger partial charge < -0.3 is 5.11 Å². The van der Waals surface area contributed by atoms with Crippen molar-refractivity contribution in [3.8, 4) is 0 Å². The summed E-state index contributed by atoms with van der Waals surface area (Å²) in [5.41, 5.74) is 0.443. The van der Waals surface area contributed by atoms with Crippen molar-refractivity contribution in [2.75, 3.05) is 5.75 Å². The van der Waals surface area contributed by atoms with Gasteiger partial charge in [0.2, 0.25) is 0 Å². The van der Waals surface area contributed by atoms with Gasteiger partial charge in [0.25, 0.3) is 0 Å². The lowest BCUT2D eigenvalue weighted by atomic mass is 10.1. The maximum absolute atomic E-state index is 11.8. The summed E-state index contributed by atoms with van der Waals surface area (Å²) in [7, 11) is -1.42. The Kier molecular flexibility index (Phi) is 3.03. The molecule has 1 N–H and O–H groups in total. The second-order valence-corrected chi connectivity index (χ2v) is 6.60. The van der Waals surface area contributed by atoms with Crippen molar-refractivity contribution < 1.29 is 13.5 Å². The van der Waals surface area contributed by atoms with E-state index in [1.54, 1.807) is 24.0 Å². The van der Waals surface area contributed by atoms with E-state index >= 15 is 0 Å². The molecule has 1 fully saturated rings. The van der Waals surface area contributed by atoms with Gasteiger partial charge in [0, 0.05) is 13.2 Å². The molecule has 90 valence electrons. The molecule has 2 heterocycles. The van der Waals surface area contributed by atoms with Gasteiger partial charge in [0.05, 0.1) is 16.7 Å². The zero-order valence-electron chi connectivity index (χ0n) is 9.20. The highest BCUT2D eigenvalue weighted by molar-refractivity contribution is 7.92. The molecule has 0 aromatic carbocycles. The molecule has 0 saturated carbocycles. The predicted molar refractivity (Wildman–Crippen MR) is 59.6 cm³/mol. The highest BCUT2D eigenvalue weighted by Gasteiger charge is 2.36. The minimum Gasteiger partial charge on any atom is -0.385 e. The molecule has 1 aliphatic rings. The first kappa shape index (κ1) is 11.6. The van der Waals surface area contributed by atoms with Crippen molar-refractivity contribution >= 4 is 9.84 Å². The molecule has 6 heteroatoms. The Morgan fingerprint density at radius 1 is 1.56 bits per heavy atom. The van der Waals surface area contributed by atoms with E-state index in [2.05, 4.69) is 5.10 Å². The van der Waals surface area contributed by atoms with Gasteiger partial charge in [-0.3, -0.25) is 4.68 Å². The summed E-state index contributed by atoms with van der Waals surface area (Å²) in [5, 5.41) is 13.4. The van der Waals surface area contributed by atoms with Crippen molar-refractivity contribution in [3.63, 3.8) is 0 Å². The van der Waals surface area contributed by atoms with E-state index in [9.17, 15) is 13.5 Å². The normalized spacial score (nSPS) is 26.5. The number of sulfone groups is 1. The first-order valence-electron chi connectivity index (χ1n) is 5.40. The molecule has 2 atom stereocenters. The van der Waals surface area contributed by atoms with Gasteiger partial charge in [-0.2, -0.15) is 5.10 Å². The summed E-state index contributed by atoms with van der Waals surface area (Å²) in [6.45, 7) is 0. The van der Waals surface area contributed by atoms with Gasteiger partial charge in [-0.15, -0.1) is 0 Å². The smallest absolute Gasteiger partial charge is 0.156 e. The van der Waals surface area contributed by atoms with Crippen LogP contribution in [-0.4, -0.2) is 34.3 Å². The molecule has 1 aromatic rings. The van der Waals surface area contributed by atoms with Crippen LogP contribution in [-0.2, 0) is 16.9 Å². The van der Waals surface area contributed by atoms with Crippen molar-refractivity contribution in [2.45, 2.75) is 30.6 Å². The lowest BCUT2D eigenvalue weighted by Crippen LogP contribution is -2.34. The van der Waals surface area contributed by atoms with Crippen LogP contribution in [0.3, 0.4) is 0 Å². The number of aliphatic hydroxyl groups excluding tert-OH is 1. The lowest BCUT2D eigenvalue weighted by Gasteiger charge is -2.25. The molecule has 0 amide bonds. The minimum absolute atomic E-state index is 0.182. The number of aromatic nitrogens is 2. The summed E-state index contributed by atoms with van der Waals surface area (Å²) < 4.78 is 25.2. The molecule has 2 rings (SSSR count). The van der Waals surface area contributed by atoms with Crippen LogP contribution < -0.4 is 0 Å². The first-order valence-corrected chi connectivity index (χ1v) is 7.11. The molecule has 0 aliphatic carbocycles. The van der Waals surface area contributed by atoms with Crippen LogP contribution in [0.25, 0.3) is 0 Å². The van der Waals surface area contributed by atoms with E-state index in [1.807, 2.05) is 0 Å². The summed E-state index contributed by atoms with van der Waals surface area (Å²) in [6, 6.07) is 1.66. The van der Waals surface area contributed by atoms with Crippen LogP contribution in [0.1, 0.15) is 31.1 Å². The van der Waals surface area contributed by atoms with Crippen molar-refractivity contribution in [2.24, 2.45) is 7.05 Å². The molecule has 0 spiro atoms. The third-order valence-corrected chi connectivity index (χ3v) is 5.29. The molecule has 1 aliphatic heterocycles. The van der Waals surface area contributed by atoms with Crippen LogP contribution >= 0.6 is 0 Å². The second kappa shape index (κ2) is 4.18. The van der Waals surface area contributed by atoms with Crippen molar-refractivity contribution in [3.05, 3.63) is 18.0 Å². The summed E-state index contributed by atoms with van der Waals surface area (Å²) in [6.07, 6.45) is 2.79. The van der Waals surface area contributed by atoms with Crippen LogP contribution in [0.2, 0.25) is 0 Å². The molecule has 0 radical (unpaired) electrons.